The molecule has 2 aliphatic rings. The lowest BCUT2D eigenvalue weighted by atomic mass is 9.99. The topological polar surface area (TPSA) is 55.9 Å². The van der Waals surface area contributed by atoms with E-state index in [1.807, 2.05) is 9.80 Å². The third-order valence-corrected chi connectivity index (χ3v) is 5.56. The number of hydrogen-bond acceptors (Lipinski definition) is 3. The molecular weight excluding hydrogens is 316 g/mol. The third kappa shape index (κ3) is 6.49. The molecule has 0 aromatic rings. The highest BCUT2D eigenvalue weighted by Gasteiger charge is 2.25. The number of carbonyl (C=O) groups excluding carboxylic acids is 2. The van der Waals surface area contributed by atoms with E-state index >= 15 is 0 Å². The van der Waals surface area contributed by atoms with E-state index in [-0.39, 0.29) is 11.9 Å². The standard InChI is InChI=1S/C19H36N4O2/c1-3-5-8-17(4-2)15-20-19(25)23-13-11-21(12-14-23)16-18(24)22-9-6-7-10-22/h17H,3-16H2,1-2H3,(H,20,25). The van der Waals surface area contributed by atoms with Crippen molar-refractivity contribution in [3.8, 4) is 0 Å². The highest BCUT2D eigenvalue weighted by atomic mass is 16.2. The zero-order valence-electron chi connectivity index (χ0n) is 16.1. The molecule has 0 spiro atoms. The van der Waals surface area contributed by atoms with Crippen LogP contribution < -0.4 is 5.32 Å². The summed E-state index contributed by atoms with van der Waals surface area (Å²) in [5.74, 6) is 0.834. The van der Waals surface area contributed by atoms with Crippen LogP contribution in [0.5, 0.6) is 0 Å². The van der Waals surface area contributed by atoms with Crippen LogP contribution >= 0.6 is 0 Å². The van der Waals surface area contributed by atoms with Crippen LogP contribution in [-0.2, 0) is 4.79 Å². The first-order valence-electron chi connectivity index (χ1n) is 10.2. The van der Waals surface area contributed by atoms with Gasteiger partial charge in [-0.05, 0) is 25.2 Å². The lowest BCUT2D eigenvalue weighted by Gasteiger charge is -2.35. The molecule has 2 fully saturated rings. The van der Waals surface area contributed by atoms with Crippen LogP contribution in [0.4, 0.5) is 4.79 Å². The van der Waals surface area contributed by atoms with Gasteiger partial charge in [0.15, 0.2) is 0 Å². The predicted molar refractivity (Wildman–Crippen MR) is 101 cm³/mol. The minimum Gasteiger partial charge on any atom is -0.342 e. The van der Waals surface area contributed by atoms with Crippen molar-refractivity contribution >= 4 is 11.9 Å². The number of carbonyl (C=O) groups is 2. The maximum atomic E-state index is 12.4. The van der Waals surface area contributed by atoms with Gasteiger partial charge in [0.2, 0.25) is 5.91 Å². The summed E-state index contributed by atoms with van der Waals surface area (Å²) < 4.78 is 0. The Morgan fingerprint density at radius 3 is 2.24 bits per heavy atom. The van der Waals surface area contributed by atoms with Gasteiger partial charge in [-0.25, -0.2) is 4.79 Å². The summed E-state index contributed by atoms with van der Waals surface area (Å²) in [6.07, 6.45) is 7.03. The monoisotopic (exact) mass is 352 g/mol. The van der Waals surface area contributed by atoms with Gasteiger partial charge in [-0.2, -0.15) is 0 Å². The predicted octanol–water partition coefficient (Wildman–Crippen LogP) is 2.15. The van der Waals surface area contributed by atoms with Gasteiger partial charge in [0, 0.05) is 45.8 Å². The Labute approximate surface area is 152 Å². The number of amides is 3. The number of piperazine rings is 1. The molecule has 2 saturated heterocycles. The van der Waals surface area contributed by atoms with Gasteiger partial charge in [-0.1, -0.05) is 33.1 Å². The van der Waals surface area contributed by atoms with Crippen molar-refractivity contribution in [1.82, 2.24) is 20.0 Å². The van der Waals surface area contributed by atoms with E-state index in [0.717, 1.165) is 52.0 Å². The molecule has 0 radical (unpaired) electrons. The molecule has 2 heterocycles. The number of nitrogens with zero attached hydrogens (tertiary/aromatic N) is 3. The number of nitrogens with one attached hydrogen (secondary N) is 1. The van der Waals surface area contributed by atoms with Gasteiger partial charge in [-0.3, -0.25) is 9.69 Å². The van der Waals surface area contributed by atoms with Gasteiger partial charge in [-0.15, -0.1) is 0 Å². The molecule has 2 rings (SSSR count). The number of rotatable bonds is 8. The Balaban J connectivity index is 1.64. The Kier molecular flexibility index (Phi) is 8.52. The number of unbranched alkanes of at least 4 members (excludes halogenated alkanes) is 1. The normalized spacial score (nSPS) is 19.9. The van der Waals surface area contributed by atoms with Crippen LogP contribution in [0.1, 0.15) is 52.4 Å². The fraction of sp³-hybridized carbons (Fsp3) is 0.895. The minimum absolute atomic E-state index is 0.0560. The summed E-state index contributed by atoms with van der Waals surface area (Å²) in [6.45, 7) is 10.5. The average molecular weight is 353 g/mol. The molecule has 1 atom stereocenters. The molecule has 1 N–H and O–H groups in total. The summed E-state index contributed by atoms with van der Waals surface area (Å²) in [5.41, 5.74) is 0. The molecule has 0 saturated carbocycles. The highest BCUT2D eigenvalue weighted by Crippen LogP contribution is 2.12. The molecule has 2 aliphatic heterocycles. The fourth-order valence-corrected chi connectivity index (χ4v) is 3.65. The minimum atomic E-state index is 0.0560. The Hall–Kier alpha value is -1.30. The van der Waals surface area contributed by atoms with Crippen LogP contribution in [0.25, 0.3) is 0 Å². The zero-order chi connectivity index (χ0) is 18.1. The number of urea groups is 1. The van der Waals surface area contributed by atoms with E-state index in [0.29, 0.717) is 25.6 Å². The van der Waals surface area contributed by atoms with Crippen molar-refractivity contribution in [2.75, 3.05) is 52.4 Å². The Morgan fingerprint density at radius 2 is 1.64 bits per heavy atom. The molecule has 0 bridgehead atoms. The second kappa shape index (κ2) is 10.6. The van der Waals surface area contributed by atoms with Gasteiger partial charge >= 0.3 is 6.03 Å². The molecule has 0 aromatic carbocycles. The van der Waals surface area contributed by atoms with Gasteiger partial charge in [0.1, 0.15) is 0 Å². The van der Waals surface area contributed by atoms with Crippen molar-refractivity contribution in [3.05, 3.63) is 0 Å². The van der Waals surface area contributed by atoms with Crippen molar-refractivity contribution in [2.45, 2.75) is 52.4 Å². The van der Waals surface area contributed by atoms with Crippen LogP contribution in [0.15, 0.2) is 0 Å². The molecule has 6 heteroatoms. The molecule has 6 nitrogen and oxygen atoms in total. The quantitative estimate of drug-likeness (QED) is 0.728. The van der Waals surface area contributed by atoms with Crippen LogP contribution in [-0.4, -0.2) is 79.0 Å². The van der Waals surface area contributed by atoms with Crippen LogP contribution in [0, 0.1) is 5.92 Å². The summed E-state index contributed by atoms with van der Waals surface area (Å²) in [7, 11) is 0. The van der Waals surface area contributed by atoms with E-state index in [4.69, 9.17) is 0 Å². The first-order valence-corrected chi connectivity index (χ1v) is 10.2. The second-order valence-corrected chi connectivity index (χ2v) is 7.45. The SMILES string of the molecule is CCCCC(CC)CNC(=O)N1CCN(CC(=O)N2CCCC2)CC1. The van der Waals surface area contributed by atoms with Gasteiger partial charge in [0.05, 0.1) is 6.54 Å². The van der Waals surface area contributed by atoms with E-state index in [1.165, 1.54) is 19.3 Å². The molecule has 144 valence electrons. The average Bonchev–Trinajstić information content (AvgIpc) is 3.17. The summed E-state index contributed by atoms with van der Waals surface area (Å²) >= 11 is 0. The molecule has 1 unspecified atom stereocenters. The summed E-state index contributed by atoms with van der Waals surface area (Å²) in [5, 5.41) is 3.11. The van der Waals surface area contributed by atoms with Crippen LogP contribution in [0.2, 0.25) is 0 Å². The van der Waals surface area contributed by atoms with Crippen molar-refractivity contribution < 1.29 is 9.59 Å². The maximum absolute atomic E-state index is 12.4. The second-order valence-electron chi connectivity index (χ2n) is 7.45. The third-order valence-electron chi connectivity index (χ3n) is 5.56. The lowest BCUT2D eigenvalue weighted by molar-refractivity contribution is -0.131. The van der Waals surface area contributed by atoms with E-state index < -0.39 is 0 Å². The van der Waals surface area contributed by atoms with E-state index in [9.17, 15) is 9.59 Å². The van der Waals surface area contributed by atoms with E-state index in [2.05, 4.69) is 24.1 Å². The maximum Gasteiger partial charge on any atom is 0.317 e. The number of hydrogen-bond donors (Lipinski definition) is 1. The Morgan fingerprint density at radius 1 is 0.960 bits per heavy atom. The smallest absolute Gasteiger partial charge is 0.317 e. The zero-order valence-corrected chi connectivity index (χ0v) is 16.1. The molecule has 0 aromatic heterocycles. The van der Waals surface area contributed by atoms with Crippen molar-refractivity contribution in [1.29, 1.82) is 0 Å². The largest absolute Gasteiger partial charge is 0.342 e. The summed E-state index contributed by atoms with van der Waals surface area (Å²) in [6, 6.07) is 0.0560. The first-order chi connectivity index (χ1) is 12.1. The van der Waals surface area contributed by atoms with Crippen LogP contribution in [0.3, 0.4) is 0 Å². The molecule has 25 heavy (non-hydrogen) atoms. The number of likely N-dealkylation sites (tertiary alicyclic amines) is 1. The fourth-order valence-electron chi connectivity index (χ4n) is 3.65. The van der Waals surface area contributed by atoms with Gasteiger partial charge < -0.3 is 15.1 Å². The van der Waals surface area contributed by atoms with Gasteiger partial charge in [0.25, 0.3) is 0 Å². The van der Waals surface area contributed by atoms with E-state index in [1.54, 1.807) is 0 Å². The molecule has 0 aliphatic carbocycles. The summed E-state index contributed by atoms with van der Waals surface area (Å²) in [4.78, 5) is 30.6. The first kappa shape index (κ1) is 20.0. The highest BCUT2D eigenvalue weighted by molar-refractivity contribution is 5.78. The Bertz CT molecular complexity index is 416. The molecular formula is C19H36N4O2. The van der Waals surface area contributed by atoms with Crippen molar-refractivity contribution in [3.63, 3.8) is 0 Å². The molecule has 3 amide bonds. The lowest BCUT2D eigenvalue weighted by Crippen LogP contribution is -2.54. The van der Waals surface area contributed by atoms with Crippen molar-refractivity contribution in [2.24, 2.45) is 5.92 Å².